The molecule has 0 aliphatic carbocycles. The lowest BCUT2D eigenvalue weighted by Gasteiger charge is -2.32. The van der Waals surface area contributed by atoms with E-state index in [0.717, 1.165) is 24.6 Å². The number of unbranched alkanes of at least 4 members (excludes halogenated alkanes) is 4. The zero-order valence-electron chi connectivity index (χ0n) is 29.1. The first-order valence-corrected chi connectivity index (χ1v) is 17.3. The molecule has 248 valence electrons. The fourth-order valence-corrected chi connectivity index (χ4v) is 4.09. The lowest BCUT2D eigenvalue weighted by molar-refractivity contribution is 0.00578. The Labute approximate surface area is 274 Å². The van der Waals surface area contributed by atoms with Crippen molar-refractivity contribution in [3.8, 4) is 0 Å². The molecule has 0 radical (unpaired) electrons. The van der Waals surface area contributed by atoms with E-state index in [9.17, 15) is 5.11 Å². The van der Waals surface area contributed by atoms with Gasteiger partial charge in [0.05, 0.1) is 41.2 Å². The van der Waals surface area contributed by atoms with Gasteiger partial charge in [0, 0.05) is 5.33 Å². The van der Waals surface area contributed by atoms with Crippen LogP contribution in [0.15, 0.2) is 49.4 Å². The van der Waals surface area contributed by atoms with Crippen LogP contribution in [0.25, 0.3) is 0 Å². The Morgan fingerprint density at radius 3 is 1.47 bits per heavy atom. The molecule has 1 N–H and O–H groups in total. The van der Waals surface area contributed by atoms with Crippen LogP contribution in [0.2, 0.25) is 0 Å². The van der Waals surface area contributed by atoms with E-state index in [1.807, 2.05) is 39.6 Å². The summed E-state index contributed by atoms with van der Waals surface area (Å²) in [7, 11) is -0.646. The van der Waals surface area contributed by atoms with E-state index in [2.05, 4.69) is 76.7 Å². The smallest absolute Gasteiger partial charge is 0.400 e. The molecule has 0 spiro atoms. The van der Waals surface area contributed by atoms with Gasteiger partial charge in [0.2, 0.25) is 0 Å². The Morgan fingerprint density at radius 1 is 0.698 bits per heavy atom. The predicted octanol–water partition coefficient (Wildman–Crippen LogP) is 9.01. The third-order valence-electron chi connectivity index (χ3n) is 8.25. The Hall–Kier alpha value is -0.670. The minimum atomic E-state index is -0.393. The van der Waals surface area contributed by atoms with E-state index in [1.54, 1.807) is 18.2 Å². The number of allylic oxidation sites excluding steroid dienone is 1. The van der Waals surface area contributed by atoms with Crippen molar-refractivity contribution in [2.75, 3.05) is 11.9 Å². The van der Waals surface area contributed by atoms with Crippen LogP contribution in [-0.4, -0.2) is 65.9 Å². The molecule has 2 aliphatic rings. The number of aliphatic hydroxyl groups is 1. The molecule has 9 heteroatoms. The zero-order chi connectivity index (χ0) is 33.2. The van der Waals surface area contributed by atoms with Gasteiger partial charge in [-0.15, -0.1) is 13.2 Å². The second-order valence-electron chi connectivity index (χ2n) is 13.2. The predicted molar refractivity (Wildman–Crippen MR) is 189 cm³/mol. The summed E-state index contributed by atoms with van der Waals surface area (Å²) in [5, 5.41) is 10.7. The van der Waals surface area contributed by atoms with E-state index in [0.29, 0.717) is 6.61 Å². The quantitative estimate of drug-likeness (QED) is 0.0766. The fourth-order valence-electron chi connectivity index (χ4n) is 4.09. The summed E-state index contributed by atoms with van der Waals surface area (Å²) in [5.41, 5.74) is -1.20. The van der Waals surface area contributed by atoms with Gasteiger partial charge in [-0.1, -0.05) is 105 Å². The Kier molecular flexibility index (Phi) is 20.9. The Bertz CT molecular complexity index is 796. The molecule has 6 nitrogen and oxygen atoms in total. The number of ether oxygens (including phenoxy) is 1. The molecule has 2 rings (SSSR count). The third-order valence-corrected chi connectivity index (χ3v) is 8.71. The summed E-state index contributed by atoms with van der Waals surface area (Å²) in [6, 6.07) is 0. The van der Waals surface area contributed by atoms with Crippen molar-refractivity contribution < 1.29 is 28.5 Å². The monoisotopic (exact) mass is 668 g/mol. The molecule has 2 saturated heterocycles. The molecule has 2 unspecified atom stereocenters. The van der Waals surface area contributed by atoms with Crippen LogP contribution in [0, 0.1) is 0 Å². The number of hydrogen-bond donors (Lipinski definition) is 1. The van der Waals surface area contributed by atoms with E-state index in [1.165, 1.54) is 32.1 Å². The van der Waals surface area contributed by atoms with Crippen LogP contribution in [0.3, 0.4) is 0 Å². The van der Waals surface area contributed by atoms with Gasteiger partial charge in [-0.2, -0.15) is 0 Å². The van der Waals surface area contributed by atoms with Crippen molar-refractivity contribution in [2.24, 2.45) is 0 Å². The number of rotatable bonds is 16. The maximum Gasteiger partial charge on any atom is 0.486 e. The Morgan fingerprint density at radius 2 is 1.09 bits per heavy atom. The highest BCUT2D eigenvalue weighted by Gasteiger charge is 2.51. The first-order chi connectivity index (χ1) is 20.0. The van der Waals surface area contributed by atoms with Crippen molar-refractivity contribution in [1.82, 2.24) is 0 Å². The maximum atomic E-state index is 9.80. The fraction of sp³-hybridized carbons (Fsp3) is 0.765. The van der Waals surface area contributed by atoms with E-state index < -0.39 is 6.10 Å². The highest BCUT2D eigenvalue weighted by atomic mass is 79.9. The van der Waals surface area contributed by atoms with Gasteiger partial charge >= 0.3 is 14.2 Å². The van der Waals surface area contributed by atoms with Crippen LogP contribution < -0.4 is 0 Å². The first-order valence-electron chi connectivity index (χ1n) is 16.2. The average Bonchev–Trinajstić information content (AvgIpc) is 3.27. The summed E-state index contributed by atoms with van der Waals surface area (Å²) in [6.07, 6.45) is 16.0. The average molecular weight is 669 g/mol. The maximum absolute atomic E-state index is 9.80. The molecular formula is C34H63B2BrO6. The van der Waals surface area contributed by atoms with Crippen molar-refractivity contribution in [3.63, 3.8) is 0 Å². The topological polar surface area (TPSA) is 66.4 Å². The van der Waals surface area contributed by atoms with E-state index >= 15 is 0 Å². The van der Waals surface area contributed by atoms with Crippen molar-refractivity contribution in [3.05, 3.63) is 49.4 Å². The number of aliphatic hydroxyl groups excluding tert-OH is 1. The molecule has 2 aliphatic heterocycles. The number of alkyl halides is 1. The molecule has 0 bridgehead atoms. The zero-order valence-corrected chi connectivity index (χ0v) is 30.7. The summed E-state index contributed by atoms with van der Waals surface area (Å²) in [4.78, 5) is 0. The van der Waals surface area contributed by atoms with Crippen LogP contribution in [0.4, 0.5) is 0 Å². The molecule has 43 heavy (non-hydrogen) atoms. The SMILES string of the molecule is C=CCBr.C=CCOC(/C=C/B1OC(C)(C)C(C)(C)O1)CCCCC.CCCCCC(O)/C=C/B1OC(C)(C)C(C)(C)O1. The molecule has 0 aromatic carbocycles. The van der Waals surface area contributed by atoms with Gasteiger partial charge in [-0.05, 0) is 68.2 Å². The standard InChI is InChI=1S/C17H31BO3.C14H27BO3.C3H5Br/c1-7-9-10-11-15(19-14-8-2)12-13-18-20-16(3,4)17(5,6)21-18;1-6-7-8-9-12(16)10-11-15-17-13(2,3)14(4,5)18-15;1-2-3-4/h8,12-13,15H,2,7,9-11,14H2,1,3-6H3;10-12,16H,6-9H2,1-5H3;2H,1,3H2/b13-12+;11-10+;. The van der Waals surface area contributed by atoms with Gasteiger partial charge in [-0.25, -0.2) is 0 Å². The van der Waals surface area contributed by atoms with Gasteiger partial charge < -0.3 is 28.5 Å². The van der Waals surface area contributed by atoms with E-state index in [-0.39, 0.29) is 42.7 Å². The number of halogens is 1. The normalized spacial score (nSPS) is 21.2. The summed E-state index contributed by atoms with van der Waals surface area (Å²) in [5.74, 6) is 3.81. The molecule has 2 fully saturated rings. The Balaban J connectivity index is 0.000000736. The first kappa shape index (κ1) is 42.3. The molecule has 0 aromatic rings. The molecule has 2 heterocycles. The minimum Gasteiger partial charge on any atom is -0.400 e. The summed E-state index contributed by atoms with van der Waals surface area (Å²) < 4.78 is 29.3. The van der Waals surface area contributed by atoms with Crippen LogP contribution in [0.1, 0.15) is 121 Å². The van der Waals surface area contributed by atoms with Crippen molar-refractivity contribution in [1.29, 1.82) is 0 Å². The third kappa shape index (κ3) is 16.5. The van der Waals surface area contributed by atoms with Crippen LogP contribution >= 0.6 is 15.9 Å². The largest absolute Gasteiger partial charge is 0.486 e. The van der Waals surface area contributed by atoms with Crippen LogP contribution in [-0.2, 0) is 23.4 Å². The van der Waals surface area contributed by atoms with Crippen LogP contribution in [0.5, 0.6) is 0 Å². The van der Waals surface area contributed by atoms with Crippen molar-refractivity contribution in [2.45, 2.75) is 155 Å². The minimum absolute atomic E-state index is 0.105. The second-order valence-corrected chi connectivity index (χ2v) is 13.8. The van der Waals surface area contributed by atoms with Gasteiger partial charge in [-0.3, -0.25) is 0 Å². The molecule has 0 saturated carbocycles. The molecule has 2 atom stereocenters. The summed E-state index contributed by atoms with van der Waals surface area (Å²) in [6.45, 7) is 28.4. The molecule has 0 amide bonds. The highest BCUT2D eigenvalue weighted by Crippen LogP contribution is 2.38. The highest BCUT2D eigenvalue weighted by molar-refractivity contribution is 9.09. The number of hydrogen-bond acceptors (Lipinski definition) is 6. The summed E-state index contributed by atoms with van der Waals surface area (Å²) >= 11 is 3.13. The van der Waals surface area contributed by atoms with E-state index in [4.69, 9.17) is 23.4 Å². The lowest BCUT2D eigenvalue weighted by Crippen LogP contribution is -2.41. The van der Waals surface area contributed by atoms with Gasteiger partial charge in [0.25, 0.3) is 0 Å². The van der Waals surface area contributed by atoms with Gasteiger partial charge in [0.15, 0.2) is 0 Å². The molecular weight excluding hydrogens is 606 g/mol. The lowest BCUT2D eigenvalue weighted by atomic mass is 9.89. The van der Waals surface area contributed by atoms with Gasteiger partial charge in [0.1, 0.15) is 0 Å². The second kappa shape index (κ2) is 21.2. The molecule has 0 aromatic heterocycles. The van der Waals surface area contributed by atoms with Crippen molar-refractivity contribution >= 4 is 30.2 Å².